The van der Waals surface area contributed by atoms with Crippen molar-refractivity contribution in [1.82, 2.24) is 4.90 Å². The van der Waals surface area contributed by atoms with Gasteiger partial charge in [-0.2, -0.15) is 0 Å². The fourth-order valence-electron chi connectivity index (χ4n) is 5.85. The van der Waals surface area contributed by atoms with Crippen LogP contribution in [0.4, 0.5) is 0 Å². The molecule has 34 heavy (non-hydrogen) atoms. The smallest absolute Gasteiger partial charge is 0.162 e. The van der Waals surface area contributed by atoms with Crippen molar-refractivity contribution in [2.45, 2.75) is 79.6 Å². The summed E-state index contributed by atoms with van der Waals surface area (Å²) in [6, 6.07) is 3.67. The Labute approximate surface area is 213 Å². The van der Waals surface area contributed by atoms with E-state index in [0.717, 1.165) is 53.9 Å². The molecule has 0 unspecified atom stereocenters. The van der Waals surface area contributed by atoms with Gasteiger partial charge in [0.05, 0.1) is 16.7 Å². The Balaban J connectivity index is 1.96. The molecule has 4 rings (SSSR count). The molecule has 0 spiro atoms. The van der Waals surface area contributed by atoms with Crippen LogP contribution < -0.4 is 4.74 Å². The Bertz CT molecular complexity index is 1040. The lowest BCUT2D eigenvalue weighted by molar-refractivity contribution is -0.119. The molecule has 1 aromatic carbocycles. The lowest BCUT2D eigenvalue weighted by atomic mass is 9.63. The minimum Gasteiger partial charge on any atom is -0.490 e. The number of benzene rings is 1. The molecule has 1 heterocycles. The highest BCUT2D eigenvalue weighted by molar-refractivity contribution is 6.37. The highest BCUT2D eigenvalue weighted by atomic mass is 35.5. The molecule has 0 radical (unpaired) electrons. The standard InChI is InChI=1S/C28H35Cl2NO3/c1-7-9-34-26-17(29)10-16(11-18(26)30)23-24-19(12-27(3,4)14-21(24)32)31(8-2)20-13-28(5,6)15-22(33)25(20)23/h10-11,23H,7-9,12-15H2,1-6H3. The molecule has 6 heteroatoms. The van der Waals surface area contributed by atoms with Crippen molar-refractivity contribution in [3.63, 3.8) is 0 Å². The van der Waals surface area contributed by atoms with Crippen LogP contribution >= 0.6 is 23.2 Å². The highest BCUT2D eigenvalue weighted by Gasteiger charge is 2.48. The van der Waals surface area contributed by atoms with Gasteiger partial charge in [-0.15, -0.1) is 0 Å². The van der Waals surface area contributed by atoms with Gasteiger partial charge in [0.25, 0.3) is 0 Å². The van der Waals surface area contributed by atoms with Crippen LogP contribution in [0.15, 0.2) is 34.7 Å². The molecule has 0 saturated carbocycles. The monoisotopic (exact) mass is 503 g/mol. The number of rotatable bonds is 5. The second kappa shape index (κ2) is 9.02. The molecule has 1 aromatic rings. The number of hydrogen-bond donors (Lipinski definition) is 0. The third-order valence-corrected chi connectivity index (χ3v) is 7.70. The number of Topliss-reactive ketones (excluding diaryl/α,β-unsaturated/α-hetero) is 2. The van der Waals surface area contributed by atoms with E-state index < -0.39 is 5.92 Å². The first kappa shape index (κ1) is 25.3. The summed E-state index contributed by atoms with van der Waals surface area (Å²) in [4.78, 5) is 29.6. The number of carbonyl (C=O) groups is 2. The van der Waals surface area contributed by atoms with Crippen molar-refractivity contribution >= 4 is 34.8 Å². The minimum absolute atomic E-state index is 0.109. The lowest BCUT2D eigenvalue weighted by Gasteiger charge is -2.49. The Kier molecular flexibility index (Phi) is 6.72. The van der Waals surface area contributed by atoms with E-state index in [0.29, 0.717) is 35.2 Å². The van der Waals surface area contributed by atoms with Crippen LogP contribution in [0.1, 0.15) is 85.1 Å². The Morgan fingerprint density at radius 3 is 1.76 bits per heavy atom. The first-order chi connectivity index (χ1) is 15.9. The van der Waals surface area contributed by atoms with Gasteiger partial charge in [0.2, 0.25) is 0 Å². The molecule has 184 valence electrons. The summed E-state index contributed by atoms with van der Waals surface area (Å²) in [5, 5.41) is 0.815. The first-order valence-electron chi connectivity index (χ1n) is 12.3. The van der Waals surface area contributed by atoms with Gasteiger partial charge in [0.1, 0.15) is 0 Å². The number of ketones is 2. The van der Waals surface area contributed by atoms with Crippen LogP contribution in [0.3, 0.4) is 0 Å². The predicted octanol–water partition coefficient (Wildman–Crippen LogP) is 7.49. The summed E-state index contributed by atoms with van der Waals surface area (Å²) in [6.07, 6.45) is 3.35. The van der Waals surface area contributed by atoms with Crippen LogP contribution in [0, 0.1) is 10.8 Å². The van der Waals surface area contributed by atoms with Gasteiger partial charge in [-0.05, 0) is 54.7 Å². The summed E-state index contributed by atoms with van der Waals surface area (Å²) < 4.78 is 5.77. The number of halogens is 2. The van der Waals surface area contributed by atoms with Gasteiger partial charge in [0, 0.05) is 47.8 Å². The SMILES string of the molecule is CCCOc1c(Cl)cc(C2C3=C(CC(C)(C)CC3=O)N(CC)C3=C2C(=O)CC(C)(C)C3)cc1Cl. The Morgan fingerprint density at radius 1 is 0.882 bits per heavy atom. The summed E-state index contributed by atoms with van der Waals surface area (Å²) in [5.41, 5.74) is 4.11. The molecule has 0 saturated heterocycles. The van der Waals surface area contributed by atoms with Gasteiger partial charge < -0.3 is 9.64 Å². The Morgan fingerprint density at radius 2 is 1.35 bits per heavy atom. The van der Waals surface area contributed by atoms with Gasteiger partial charge in [0.15, 0.2) is 17.3 Å². The second-order valence-corrected chi connectivity index (χ2v) is 12.3. The third kappa shape index (κ3) is 4.44. The van der Waals surface area contributed by atoms with E-state index in [2.05, 4.69) is 39.5 Å². The van der Waals surface area contributed by atoms with E-state index in [4.69, 9.17) is 27.9 Å². The normalized spacial score (nSPS) is 22.2. The quantitative estimate of drug-likeness (QED) is 0.417. The summed E-state index contributed by atoms with van der Waals surface area (Å²) in [7, 11) is 0. The van der Waals surface area contributed by atoms with Crippen LogP contribution in [0.2, 0.25) is 10.0 Å². The van der Waals surface area contributed by atoms with E-state index in [9.17, 15) is 9.59 Å². The molecule has 0 amide bonds. The molecule has 4 nitrogen and oxygen atoms in total. The van der Waals surface area contributed by atoms with Crippen LogP contribution in [0.25, 0.3) is 0 Å². The fraction of sp³-hybridized carbons (Fsp3) is 0.571. The van der Waals surface area contributed by atoms with E-state index in [1.807, 2.05) is 19.1 Å². The van der Waals surface area contributed by atoms with Gasteiger partial charge in [-0.25, -0.2) is 0 Å². The number of ether oxygens (including phenoxy) is 1. The van der Waals surface area contributed by atoms with Gasteiger partial charge in [-0.1, -0.05) is 57.8 Å². The van der Waals surface area contributed by atoms with E-state index >= 15 is 0 Å². The maximum atomic E-state index is 13.7. The van der Waals surface area contributed by atoms with Gasteiger partial charge in [-0.3, -0.25) is 9.59 Å². The average molecular weight is 504 g/mol. The zero-order valence-electron chi connectivity index (χ0n) is 21.1. The van der Waals surface area contributed by atoms with Crippen LogP contribution in [0.5, 0.6) is 5.75 Å². The van der Waals surface area contributed by atoms with Crippen LogP contribution in [-0.4, -0.2) is 29.6 Å². The zero-order chi connectivity index (χ0) is 25.0. The summed E-state index contributed by atoms with van der Waals surface area (Å²) in [5.74, 6) is 0.223. The van der Waals surface area contributed by atoms with E-state index in [1.54, 1.807) is 0 Å². The predicted molar refractivity (Wildman–Crippen MR) is 137 cm³/mol. The van der Waals surface area contributed by atoms with E-state index in [1.165, 1.54) is 0 Å². The molecule has 0 bridgehead atoms. The lowest BCUT2D eigenvalue weighted by Crippen LogP contribution is -2.44. The highest BCUT2D eigenvalue weighted by Crippen LogP contribution is 2.55. The molecule has 0 aromatic heterocycles. The number of nitrogens with zero attached hydrogens (tertiary/aromatic N) is 1. The molecule has 0 fully saturated rings. The largest absolute Gasteiger partial charge is 0.490 e. The molecule has 0 N–H and O–H groups in total. The fourth-order valence-corrected chi connectivity index (χ4v) is 6.46. The molecule has 3 aliphatic rings. The second-order valence-electron chi connectivity index (χ2n) is 11.4. The van der Waals surface area contributed by atoms with Crippen molar-refractivity contribution in [2.24, 2.45) is 10.8 Å². The molecule has 1 aliphatic heterocycles. The maximum absolute atomic E-state index is 13.7. The van der Waals surface area contributed by atoms with Crippen molar-refractivity contribution in [3.05, 3.63) is 50.3 Å². The summed E-state index contributed by atoms with van der Waals surface area (Å²) in [6.45, 7) is 13.9. The van der Waals surface area contributed by atoms with Crippen molar-refractivity contribution in [1.29, 1.82) is 0 Å². The number of hydrogen-bond acceptors (Lipinski definition) is 4. The van der Waals surface area contributed by atoms with Crippen molar-refractivity contribution in [2.75, 3.05) is 13.2 Å². The van der Waals surface area contributed by atoms with E-state index in [-0.39, 0.29) is 22.4 Å². The summed E-state index contributed by atoms with van der Waals surface area (Å²) >= 11 is 13.3. The van der Waals surface area contributed by atoms with Gasteiger partial charge >= 0.3 is 0 Å². The topological polar surface area (TPSA) is 46.6 Å². The molecular weight excluding hydrogens is 469 g/mol. The molecule has 2 aliphatic carbocycles. The molecule has 0 atom stereocenters. The number of allylic oxidation sites excluding steroid dienone is 4. The Hall–Kier alpha value is -1.78. The zero-order valence-corrected chi connectivity index (χ0v) is 22.6. The minimum atomic E-state index is -0.449. The van der Waals surface area contributed by atoms with Crippen molar-refractivity contribution in [3.8, 4) is 5.75 Å². The maximum Gasteiger partial charge on any atom is 0.162 e. The van der Waals surface area contributed by atoms with Crippen molar-refractivity contribution < 1.29 is 14.3 Å². The number of carbonyl (C=O) groups excluding carboxylic acids is 2. The average Bonchev–Trinajstić information content (AvgIpc) is 2.70. The molecular formula is C28H35Cl2NO3. The first-order valence-corrected chi connectivity index (χ1v) is 13.1. The third-order valence-electron chi connectivity index (χ3n) is 7.14. The van der Waals surface area contributed by atoms with Crippen LogP contribution in [-0.2, 0) is 9.59 Å².